The molecule has 3 N–H and O–H groups in total. The zero-order valence-corrected chi connectivity index (χ0v) is 20.6. The van der Waals surface area contributed by atoms with Crippen LogP contribution in [-0.4, -0.2) is 45.6 Å². The molecule has 0 saturated carbocycles. The minimum absolute atomic E-state index is 0.224. The predicted molar refractivity (Wildman–Crippen MR) is 128 cm³/mol. The molecule has 176 valence electrons. The maximum absolute atomic E-state index is 12.0. The van der Waals surface area contributed by atoms with E-state index in [1.807, 2.05) is 0 Å². The van der Waals surface area contributed by atoms with E-state index >= 15 is 0 Å². The van der Waals surface area contributed by atoms with Crippen LogP contribution in [0.25, 0.3) is 0 Å². The Bertz CT molecular complexity index is 703. The molecule has 0 aliphatic rings. The van der Waals surface area contributed by atoms with Gasteiger partial charge in [-0.25, -0.2) is 4.79 Å². The average Bonchev–Trinajstić information content (AvgIpc) is 2.63. The van der Waals surface area contributed by atoms with Crippen molar-refractivity contribution in [2.24, 2.45) is 5.41 Å². The first kappa shape index (κ1) is 29.0. The number of carbonyl (C=O) groups excluding carboxylic acids is 1. The summed E-state index contributed by atoms with van der Waals surface area (Å²) in [5.74, 6) is -1.90. The average molecular weight is 454 g/mol. The second-order valence-electron chi connectivity index (χ2n) is 8.82. The Morgan fingerprint density at radius 2 is 1.48 bits per heavy atom. The molecule has 0 rings (SSSR count). The van der Waals surface area contributed by atoms with Gasteiger partial charge in [-0.15, -0.1) is 0 Å². The fourth-order valence-electron chi connectivity index (χ4n) is 2.62. The molecule has 1 amide bonds. The number of hydrogen-bond donors (Lipinski definition) is 3. The van der Waals surface area contributed by atoms with Crippen molar-refractivity contribution in [3.05, 3.63) is 34.9 Å². The first-order chi connectivity index (χ1) is 14.3. The number of rotatable bonds is 15. The third kappa shape index (κ3) is 14.6. The lowest BCUT2D eigenvalue weighted by Gasteiger charge is -2.20. The standard InChI is InChI=1S/C24H39NO5S/c1-17(2)9-7-10-18(3)11-8-12-19(4)13-14-31-16-20(22(27)28)25-21(26)15-24(5,6)23(29)30/h9,11,13,20H,7-8,10,12,14-16H2,1-6H3,(H,25,26)(H,27,28)(H,29,30)/b18-11+,19-13+/t20-/m0/s1. The second kappa shape index (κ2) is 14.9. The molecule has 0 radical (unpaired) electrons. The van der Waals surface area contributed by atoms with E-state index in [1.54, 1.807) is 0 Å². The van der Waals surface area contributed by atoms with Crippen molar-refractivity contribution in [3.8, 4) is 0 Å². The van der Waals surface area contributed by atoms with Crippen LogP contribution in [0.3, 0.4) is 0 Å². The van der Waals surface area contributed by atoms with Gasteiger partial charge >= 0.3 is 11.9 Å². The van der Waals surface area contributed by atoms with E-state index in [0.717, 1.165) is 25.7 Å². The topological polar surface area (TPSA) is 104 Å². The van der Waals surface area contributed by atoms with Crippen LogP contribution in [0.2, 0.25) is 0 Å². The number of aliphatic carboxylic acids is 2. The summed E-state index contributed by atoms with van der Waals surface area (Å²) in [4.78, 5) is 34.6. The zero-order valence-electron chi connectivity index (χ0n) is 19.8. The number of hydrogen-bond acceptors (Lipinski definition) is 4. The SMILES string of the molecule is CC(C)=CCC/C(C)=C/CC/C(C)=C/CSC[C@H](NC(=O)CC(C)(C)C(=O)O)C(=O)O. The van der Waals surface area contributed by atoms with Crippen molar-refractivity contribution in [2.75, 3.05) is 11.5 Å². The van der Waals surface area contributed by atoms with E-state index in [2.05, 4.69) is 51.2 Å². The highest BCUT2D eigenvalue weighted by molar-refractivity contribution is 7.99. The summed E-state index contributed by atoms with van der Waals surface area (Å²) in [6, 6.07) is -1.04. The molecule has 0 aromatic heterocycles. The van der Waals surface area contributed by atoms with Crippen LogP contribution >= 0.6 is 11.8 Å². The molecule has 0 aromatic rings. The highest BCUT2D eigenvalue weighted by Gasteiger charge is 2.31. The molecule has 0 heterocycles. The Balaban J connectivity index is 4.38. The molecule has 0 bridgehead atoms. The zero-order chi connectivity index (χ0) is 24.0. The van der Waals surface area contributed by atoms with Crippen molar-refractivity contribution in [2.45, 2.75) is 79.7 Å². The van der Waals surface area contributed by atoms with E-state index in [1.165, 1.54) is 42.3 Å². The fraction of sp³-hybridized carbons (Fsp3) is 0.625. The molecule has 0 saturated heterocycles. The predicted octanol–water partition coefficient (Wildman–Crippen LogP) is 5.21. The summed E-state index contributed by atoms with van der Waals surface area (Å²) in [5, 5.41) is 20.9. The molecule has 7 heteroatoms. The highest BCUT2D eigenvalue weighted by atomic mass is 32.2. The van der Waals surface area contributed by atoms with Crippen LogP contribution in [0.15, 0.2) is 34.9 Å². The lowest BCUT2D eigenvalue weighted by Crippen LogP contribution is -2.44. The minimum atomic E-state index is -1.24. The molecule has 0 aliphatic heterocycles. The summed E-state index contributed by atoms with van der Waals surface area (Å²) in [6.07, 6.45) is 10.4. The van der Waals surface area contributed by atoms with Crippen LogP contribution in [0.5, 0.6) is 0 Å². The number of carboxylic acid groups (broad SMARTS) is 2. The second-order valence-corrected chi connectivity index (χ2v) is 9.90. The highest BCUT2D eigenvalue weighted by Crippen LogP contribution is 2.20. The molecule has 0 unspecified atom stereocenters. The maximum atomic E-state index is 12.0. The molecule has 0 aliphatic carbocycles. The van der Waals surface area contributed by atoms with Crippen LogP contribution in [-0.2, 0) is 14.4 Å². The van der Waals surface area contributed by atoms with Gasteiger partial charge in [0.15, 0.2) is 0 Å². The van der Waals surface area contributed by atoms with Gasteiger partial charge < -0.3 is 15.5 Å². The monoisotopic (exact) mass is 453 g/mol. The van der Waals surface area contributed by atoms with Crippen LogP contribution in [0, 0.1) is 5.41 Å². The molecular formula is C24H39NO5S. The van der Waals surface area contributed by atoms with Gasteiger partial charge in [0.1, 0.15) is 6.04 Å². The van der Waals surface area contributed by atoms with Gasteiger partial charge in [-0.1, -0.05) is 34.9 Å². The number of nitrogens with one attached hydrogen (secondary N) is 1. The number of amides is 1. The van der Waals surface area contributed by atoms with E-state index in [-0.39, 0.29) is 12.2 Å². The third-order valence-corrected chi connectivity index (χ3v) is 5.74. The number of allylic oxidation sites excluding steroid dienone is 5. The number of carbonyl (C=O) groups is 3. The Labute approximate surface area is 191 Å². The molecule has 0 fully saturated rings. The minimum Gasteiger partial charge on any atom is -0.481 e. The maximum Gasteiger partial charge on any atom is 0.327 e. The molecule has 1 atom stereocenters. The summed E-state index contributed by atoms with van der Waals surface area (Å²) < 4.78 is 0. The van der Waals surface area contributed by atoms with Gasteiger partial charge in [0.05, 0.1) is 5.41 Å². The molecule has 31 heavy (non-hydrogen) atoms. The first-order valence-corrected chi connectivity index (χ1v) is 11.8. The van der Waals surface area contributed by atoms with Crippen LogP contribution < -0.4 is 5.32 Å². The number of thioether (sulfide) groups is 1. The first-order valence-electron chi connectivity index (χ1n) is 10.6. The lowest BCUT2D eigenvalue weighted by atomic mass is 9.89. The summed E-state index contributed by atoms with van der Waals surface area (Å²) in [7, 11) is 0. The van der Waals surface area contributed by atoms with Crippen molar-refractivity contribution in [1.29, 1.82) is 0 Å². The Morgan fingerprint density at radius 1 is 0.935 bits per heavy atom. The molecule has 0 aromatic carbocycles. The van der Waals surface area contributed by atoms with Crippen molar-refractivity contribution < 1.29 is 24.6 Å². The van der Waals surface area contributed by atoms with Crippen molar-refractivity contribution in [3.63, 3.8) is 0 Å². The van der Waals surface area contributed by atoms with Crippen molar-refractivity contribution >= 4 is 29.6 Å². The van der Waals surface area contributed by atoms with Gasteiger partial charge in [-0.05, 0) is 67.2 Å². The van der Waals surface area contributed by atoms with E-state index in [4.69, 9.17) is 5.11 Å². The van der Waals surface area contributed by atoms with Gasteiger partial charge in [0, 0.05) is 17.9 Å². The summed E-state index contributed by atoms with van der Waals surface area (Å²) in [5.41, 5.74) is 2.75. The summed E-state index contributed by atoms with van der Waals surface area (Å²) >= 11 is 1.43. The van der Waals surface area contributed by atoms with Crippen molar-refractivity contribution in [1.82, 2.24) is 5.32 Å². The normalized spacial score (nSPS) is 13.5. The summed E-state index contributed by atoms with van der Waals surface area (Å²) in [6.45, 7) is 11.3. The third-order valence-electron chi connectivity index (χ3n) is 4.77. The Morgan fingerprint density at radius 3 is 2.00 bits per heavy atom. The Hall–Kier alpha value is -2.02. The van der Waals surface area contributed by atoms with Gasteiger partial charge in [-0.2, -0.15) is 11.8 Å². The smallest absolute Gasteiger partial charge is 0.327 e. The van der Waals surface area contributed by atoms with Gasteiger partial charge in [-0.3, -0.25) is 9.59 Å². The van der Waals surface area contributed by atoms with Gasteiger partial charge in [0.2, 0.25) is 5.91 Å². The quantitative estimate of drug-likeness (QED) is 0.232. The fourth-order valence-corrected chi connectivity index (χ4v) is 3.62. The van der Waals surface area contributed by atoms with E-state index in [9.17, 15) is 19.5 Å². The van der Waals surface area contributed by atoms with E-state index in [0.29, 0.717) is 5.75 Å². The molecule has 0 spiro atoms. The number of carboxylic acids is 2. The van der Waals surface area contributed by atoms with E-state index < -0.39 is 29.3 Å². The lowest BCUT2D eigenvalue weighted by molar-refractivity contribution is -0.150. The Kier molecular flexibility index (Phi) is 13.9. The molecular weight excluding hydrogens is 414 g/mol. The molecule has 6 nitrogen and oxygen atoms in total. The van der Waals surface area contributed by atoms with Gasteiger partial charge in [0.25, 0.3) is 0 Å². The van der Waals surface area contributed by atoms with Crippen LogP contribution in [0.1, 0.15) is 73.6 Å². The van der Waals surface area contributed by atoms with Crippen LogP contribution in [0.4, 0.5) is 0 Å². The largest absolute Gasteiger partial charge is 0.481 e.